The number of carbonyl (C=O) groups is 1. The van der Waals surface area contributed by atoms with E-state index in [1.54, 1.807) is 30.3 Å². The Labute approximate surface area is 200 Å². The second kappa shape index (κ2) is 10.0. The van der Waals surface area contributed by atoms with Crippen molar-refractivity contribution < 1.29 is 26.8 Å². The van der Waals surface area contributed by atoms with Gasteiger partial charge < -0.3 is 14.5 Å². The van der Waals surface area contributed by atoms with Crippen molar-refractivity contribution in [2.45, 2.75) is 24.3 Å². The number of fused-ring (bicyclic) bond motifs is 1. The lowest BCUT2D eigenvalue weighted by atomic mass is 10.2. The summed E-state index contributed by atoms with van der Waals surface area (Å²) in [4.78, 5) is 24.4. The van der Waals surface area contributed by atoms with E-state index >= 15 is 0 Å². The summed E-state index contributed by atoms with van der Waals surface area (Å²) < 4.78 is 52.8. The van der Waals surface area contributed by atoms with Crippen LogP contribution in [0.1, 0.15) is 12.8 Å². The highest BCUT2D eigenvalue weighted by Gasteiger charge is 2.18. The first-order chi connectivity index (χ1) is 16.8. The van der Waals surface area contributed by atoms with E-state index in [0.717, 1.165) is 24.3 Å². The average molecular weight is 500 g/mol. The molecule has 0 spiro atoms. The summed E-state index contributed by atoms with van der Waals surface area (Å²) in [5.74, 6) is -1.12. The standard InChI is InChI=1S/C24H22FN3O6S/c1-33-21-13-10-17(15-19(21)27-35(31,32)18-11-8-16(25)9-12-18)26-23(29)7-4-14-28-20-5-2-3-6-22(20)34-24(28)30/h2-3,5-6,8-13,15,27H,4,7,14H2,1H3,(H,26,29). The number of amides is 1. The Kier molecular flexibility index (Phi) is 6.87. The second-order valence-electron chi connectivity index (χ2n) is 7.61. The Morgan fingerprint density at radius 1 is 1.09 bits per heavy atom. The van der Waals surface area contributed by atoms with Gasteiger partial charge in [0, 0.05) is 18.7 Å². The molecular formula is C24H22FN3O6S. The highest BCUT2D eigenvalue weighted by Crippen LogP contribution is 2.30. The van der Waals surface area contributed by atoms with Crippen LogP contribution in [0.3, 0.4) is 0 Å². The quantitative estimate of drug-likeness (QED) is 0.360. The number of para-hydroxylation sites is 2. The first-order valence-corrected chi connectivity index (χ1v) is 12.1. The van der Waals surface area contributed by atoms with E-state index in [1.807, 2.05) is 0 Å². The lowest BCUT2D eigenvalue weighted by Gasteiger charge is -2.14. The summed E-state index contributed by atoms with van der Waals surface area (Å²) in [7, 11) is -2.64. The molecule has 3 aromatic carbocycles. The largest absolute Gasteiger partial charge is 0.495 e. The number of aryl methyl sites for hydroxylation is 1. The summed E-state index contributed by atoms with van der Waals surface area (Å²) in [6.07, 6.45) is 0.504. The third kappa shape index (κ3) is 5.52. The molecule has 0 saturated carbocycles. The molecule has 0 bridgehead atoms. The van der Waals surface area contributed by atoms with Gasteiger partial charge in [0.25, 0.3) is 10.0 Å². The van der Waals surface area contributed by atoms with Crippen molar-refractivity contribution in [3.05, 3.63) is 83.1 Å². The summed E-state index contributed by atoms with van der Waals surface area (Å²) >= 11 is 0. The molecule has 1 aromatic heterocycles. The smallest absolute Gasteiger partial charge is 0.419 e. The van der Waals surface area contributed by atoms with Gasteiger partial charge in [-0.15, -0.1) is 0 Å². The van der Waals surface area contributed by atoms with E-state index in [0.29, 0.717) is 29.8 Å². The number of methoxy groups -OCH3 is 1. The first kappa shape index (κ1) is 24.0. The highest BCUT2D eigenvalue weighted by molar-refractivity contribution is 7.92. The van der Waals surface area contributed by atoms with E-state index < -0.39 is 21.6 Å². The molecule has 0 aliphatic rings. The Hall–Kier alpha value is -4.12. The highest BCUT2D eigenvalue weighted by atomic mass is 32.2. The van der Waals surface area contributed by atoms with Crippen LogP contribution in [0.5, 0.6) is 5.75 Å². The molecule has 2 N–H and O–H groups in total. The fraction of sp³-hybridized carbons (Fsp3) is 0.167. The fourth-order valence-corrected chi connectivity index (χ4v) is 4.59. The zero-order valence-electron chi connectivity index (χ0n) is 18.7. The van der Waals surface area contributed by atoms with Gasteiger partial charge in [-0.25, -0.2) is 17.6 Å². The van der Waals surface area contributed by atoms with E-state index in [1.165, 1.54) is 23.8 Å². The number of oxazole rings is 1. The Bertz CT molecular complexity index is 1530. The van der Waals surface area contributed by atoms with Gasteiger partial charge >= 0.3 is 5.76 Å². The first-order valence-electron chi connectivity index (χ1n) is 10.6. The number of rotatable bonds is 9. The third-order valence-corrected chi connectivity index (χ3v) is 6.59. The van der Waals surface area contributed by atoms with Crippen LogP contribution in [0.2, 0.25) is 0 Å². The summed E-state index contributed by atoms with van der Waals surface area (Å²) in [6.45, 7) is 0.300. The normalized spacial score (nSPS) is 11.4. The summed E-state index contributed by atoms with van der Waals surface area (Å²) in [6, 6.07) is 15.9. The van der Waals surface area contributed by atoms with E-state index in [4.69, 9.17) is 9.15 Å². The minimum Gasteiger partial charge on any atom is -0.495 e. The van der Waals surface area contributed by atoms with Crippen molar-refractivity contribution in [3.8, 4) is 5.75 Å². The van der Waals surface area contributed by atoms with Gasteiger partial charge in [0.2, 0.25) is 5.91 Å². The van der Waals surface area contributed by atoms with Gasteiger partial charge in [-0.2, -0.15) is 0 Å². The molecule has 182 valence electrons. The van der Waals surface area contributed by atoms with Gasteiger partial charge in [-0.05, 0) is 61.0 Å². The van der Waals surface area contributed by atoms with Gasteiger partial charge in [-0.1, -0.05) is 12.1 Å². The predicted molar refractivity (Wildman–Crippen MR) is 129 cm³/mol. The Balaban J connectivity index is 1.42. The maximum Gasteiger partial charge on any atom is 0.419 e. The van der Waals surface area contributed by atoms with Crippen LogP contribution in [-0.2, 0) is 21.4 Å². The average Bonchev–Trinajstić information content (AvgIpc) is 3.14. The van der Waals surface area contributed by atoms with Crippen molar-refractivity contribution in [2.24, 2.45) is 0 Å². The topological polar surface area (TPSA) is 120 Å². The van der Waals surface area contributed by atoms with Crippen molar-refractivity contribution in [1.82, 2.24) is 4.57 Å². The van der Waals surface area contributed by atoms with Crippen LogP contribution in [0.4, 0.5) is 15.8 Å². The molecule has 0 aliphatic heterocycles. The van der Waals surface area contributed by atoms with Crippen molar-refractivity contribution >= 4 is 38.4 Å². The lowest BCUT2D eigenvalue weighted by Crippen LogP contribution is -2.17. The van der Waals surface area contributed by atoms with Crippen molar-refractivity contribution in [2.75, 3.05) is 17.1 Å². The van der Waals surface area contributed by atoms with Crippen LogP contribution in [0.15, 0.2) is 80.8 Å². The third-order valence-electron chi connectivity index (χ3n) is 5.21. The maximum absolute atomic E-state index is 13.2. The number of sulfonamides is 1. The number of ether oxygens (including phenoxy) is 1. The number of hydrogen-bond acceptors (Lipinski definition) is 6. The number of hydrogen-bond donors (Lipinski definition) is 2. The van der Waals surface area contributed by atoms with E-state index in [-0.39, 0.29) is 28.7 Å². The van der Waals surface area contributed by atoms with Crippen LogP contribution in [-0.4, -0.2) is 26.0 Å². The van der Waals surface area contributed by atoms with E-state index in [9.17, 15) is 22.4 Å². The Morgan fingerprint density at radius 2 is 1.83 bits per heavy atom. The number of anilines is 2. The van der Waals surface area contributed by atoms with E-state index in [2.05, 4.69) is 10.0 Å². The van der Waals surface area contributed by atoms with Gasteiger partial charge in [0.1, 0.15) is 11.6 Å². The SMILES string of the molecule is COc1ccc(NC(=O)CCCn2c(=O)oc3ccccc32)cc1NS(=O)(=O)c1ccc(F)cc1. The molecule has 0 radical (unpaired) electrons. The molecule has 0 atom stereocenters. The molecule has 1 amide bonds. The van der Waals surface area contributed by atoms with Gasteiger partial charge in [0.15, 0.2) is 5.58 Å². The predicted octanol–water partition coefficient (Wildman–Crippen LogP) is 3.96. The minimum absolute atomic E-state index is 0.103. The maximum atomic E-state index is 13.2. The number of benzene rings is 3. The van der Waals surface area contributed by atoms with Crippen molar-refractivity contribution in [3.63, 3.8) is 0 Å². The van der Waals surface area contributed by atoms with Crippen LogP contribution in [0, 0.1) is 5.82 Å². The molecule has 0 fully saturated rings. The molecule has 1 heterocycles. The van der Waals surface area contributed by atoms with Crippen LogP contribution >= 0.6 is 0 Å². The molecule has 35 heavy (non-hydrogen) atoms. The number of carbonyl (C=O) groups excluding carboxylic acids is 1. The number of halogens is 1. The summed E-state index contributed by atoms with van der Waals surface area (Å²) in [5.41, 5.74) is 1.59. The zero-order chi connectivity index (χ0) is 25.0. The number of aromatic nitrogens is 1. The second-order valence-corrected chi connectivity index (χ2v) is 9.30. The van der Waals surface area contributed by atoms with Gasteiger partial charge in [-0.3, -0.25) is 14.1 Å². The molecule has 0 aliphatic carbocycles. The van der Waals surface area contributed by atoms with Crippen molar-refractivity contribution in [1.29, 1.82) is 0 Å². The molecule has 9 nitrogen and oxygen atoms in total. The summed E-state index contributed by atoms with van der Waals surface area (Å²) in [5, 5.41) is 2.71. The zero-order valence-corrected chi connectivity index (χ0v) is 19.5. The minimum atomic E-state index is -4.02. The lowest BCUT2D eigenvalue weighted by molar-refractivity contribution is -0.116. The van der Waals surface area contributed by atoms with Crippen LogP contribution in [0.25, 0.3) is 11.1 Å². The fourth-order valence-electron chi connectivity index (χ4n) is 3.53. The number of nitrogens with zero attached hydrogens (tertiary/aromatic N) is 1. The number of nitrogens with one attached hydrogen (secondary N) is 2. The monoisotopic (exact) mass is 499 g/mol. The van der Waals surface area contributed by atoms with Crippen LogP contribution < -0.4 is 20.5 Å². The van der Waals surface area contributed by atoms with Gasteiger partial charge in [0.05, 0.1) is 23.2 Å². The molecule has 4 rings (SSSR count). The molecule has 4 aromatic rings. The molecule has 0 unspecified atom stereocenters. The molecule has 0 saturated heterocycles. The molecule has 11 heteroatoms. The Morgan fingerprint density at radius 3 is 2.57 bits per heavy atom. The molecular weight excluding hydrogens is 477 g/mol.